The first-order chi connectivity index (χ1) is 7.61. The number of ether oxygens (including phenoxy) is 1. The van der Waals surface area contributed by atoms with E-state index in [1.54, 1.807) is 14.0 Å². The Kier molecular flexibility index (Phi) is 5.61. The summed E-state index contributed by atoms with van der Waals surface area (Å²) >= 11 is 0. The second-order valence-corrected chi connectivity index (χ2v) is 5.49. The van der Waals surface area contributed by atoms with E-state index in [1.165, 1.54) is 12.0 Å². The molecule has 0 radical (unpaired) electrons. The summed E-state index contributed by atoms with van der Waals surface area (Å²) in [5, 5.41) is 0. The molecule has 17 heavy (non-hydrogen) atoms. The monoisotopic (exact) mass is 244 g/mol. The van der Waals surface area contributed by atoms with E-state index in [1.807, 2.05) is 20.8 Å². The minimum atomic E-state index is -0.572. The van der Waals surface area contributed by atoms with Gasteiger partial charge in [-0.2, -0.15) is 0 Å². The van der Waals surface area contributed by atoms with Crippen molar-refractivity contribution in [2.75, 3.05) is 20.7 Å². The number of carbonyl (C=O) groups is 2. The van der Waals surface area contributed by atoms with Crippen molar-refractivity contribution in [1.82, 2.24) is 4.90 Å². The number of nitrogens with two attached hydrogens (primary N) is 1. The van der Waals surface area contributed by atoms with Gasteiger partial charge < -0.3 is 15.4 Å². The predicted octanol–water partition coefficient (Wildman–Crippen LogP) is 0.627. The Morgan fingerprint density at radius 2 is 1.82 bits per heavy atom. The first-order valence-corrected chi connectivity index (χ1v) is 5.69. The van der Waals surface area contributed by atoms with E-state index in [9.17, 15) is 9.59 Å². The Balaban J connectivity index is 4.47. The van der Waals surface area contributed by atoms with Gasteiger partial charge in [0.25, 0.3) is 0 Å². The highest BCUT2D eigenvalue weighted by molar-refractivity contribution is 5.83. The molecule has 0 aliphatic carbocycles. The van der Waals surface area contributed by atoms with Crippen LogP contribution < -0.4 is 5.73 Å². The molecule has 0 bridgehead atoms. The number of nitrogens with zero attached hydrogens (tertiary/aromatic N) is 1. The van der Waals surface area contributed by atoms with Crippen molar-refractivity contribution in [1.29, 1.82) is 0 Å². The zero-order valence-corrected chi connectivity index (χ0v) is 11.6. The van der Waals surface area contributed by atoms with E-state index in [4.69, 9.17) is 5.73 Å². The third-order valence-corrected chi connectivity index (χ3v) is 2.73. The van der Waals surface area contributed by atoms with Gasteiger partial charge in [-0.1, -0.05) is 27.7 Å². The fraction of sp³-hybridized carbons (Fsp3) is 0.833. The number of hydrogen-bond acceptors (Lipinski definition) is 4. The maximum atomic E-state index is 12.0. The van der Waals surface area contributed by atoms with Crippen molar-refractivity contribution in [2.24, 2.45) is 17.1 Å². The molecule has 0 rings (SSSR count). The normalized spacial score (nSPS) is 15.0. The molecule has 0 aliphatic rings. The van der Waals surface area contributed by atoms with Gasteiger partial charge in [-0.3, -0.25) is 9.59 Å². The molecule has 0 spiro atoms. The van der Waals surface area contributed by atoms with Crippen molar-refractivity contribution in [3.63, 3.8) is 0 Å². The molecule has 5 nitrogen and oxygen atoms in total. The minimum Gasteiger partial charge on any atom is -0.469 e. The summed E-state index contributed by atoms with van der Waals surface area (Å²) in [5.41, 5.74) is 5.58. The van der Waals surface area contributed by atoms with E-state index >= 15 is 0 Å². The van der Waals surface area contributed by atoms with Crippen molar-refractivity contribution in [3.05, 3.63) is 0 Å². The van der Waals surface area contributed by atoms with Crippen LogP contribution in [-0.2, 0) is 14.3 Å². The summed E-state index contributed by atoms with van der Waals surface area (Å²) in [6.07, 6.45) is 0. The van der Waals surface area contributed by atoms with Crippen LogP contribution >= 0.6 is 0 Å². The summed E-state index contributed by atoms with van der Waals surface area (Å²) in [6.45, 7) is 7.76. The number of rotatable bonds is 4. The average Bonchev–Trinajstić information content (AvgIpc) is 2.24. The van der Waals surface area contributed by atoms with Gasteiger partial charge >= 0.3 is 5.97 Å². The van der Waals surface area contributed by atoms with Crippen LogP contribution in [0.5, 0.6) is 0 Å². The largest absolute Gasteiger partial charge is 0.469 e. The van der Waals surface area contributed by atoms with Gasteiger partial charge in [0, 0.05) is 13.6 Å². The first-order valence-electron chi connectivity index (χ1n) is 5.69. The predicted molar refractivity (Wildman–Crippen MR) is 66.2 cm³/mol. The van der Waals surface area contributed by atoms with E-state index in [0.29, 0.717) is 6.54 Å². The van der Waals surface area contributed by atoms with E-state index in [-0.39, 0.29) is 23.2 Å². The second kappa shape index (κ2) is 6.00. The third-order valence-electron chi connectivity index (χ3n) is 2.73. The second-order valence-electron chi connectivity index (χ2n) is 5.49. The molecule has 0 saturated carbocycles. The van der Waals surface area contributed by atoms with Gasteiger partial charge in [-0.15, -0.1) is 0 Å². The quantitative estimate of drug-likeness (QED) is 0.736. The lowest BCUT2D eigenvalue weighted by Crippen LogP contribution is -2.50. The van der Waals surface area contributed by atoms with Gasteiger partial charge in [-0.25, -0.2) is 0 Å². The zero-order valence-electron chi connectivity index (χ0n) is 11.6. The number of methoxy groups -OCH3 is 1. The van der Waals surface area contributed by atoms with Crippen molar-refractivity contribution >= 4 is 11.9 Å². The first kappa shape index (κ1) is 15.9. The van der Waals surface area contributed by atoms with Crippen LogP contribution in [0.4, 0.5) is 0 Å². The Labute approximate surface area is 103 Å². The average molecular weight is 244 g/mol. The lowest BCUT2D eigenvalue weighted by atomic mass is 9.86. The van der Waals surface area contributed by atoms with Gasteiger partial charge in [0.2, 0.25) is 5.91 Å². The summed E-state index contributed by atoms with van der Waals surface area (Å²) in [5.74, 6) is -0.830. The lowest BCUT2D eigenvalue weighted by Gasteiger charge is -2.30. The summed E-state index contributed by atoms with van der Waals surface area (Å²) in [6, 6.07) is -0.572. The van der Waals surface area contributed by atoms with Gasteiger partial charge in [0.1, 0.15) is 0 Å². The van der Waals surface area contributed by atoms with Gasteiger partial charge in [-0.05, 0) is 5.41 Å². The van der Waals surface area contributed by atoms with Gasteiger partial charge in [0.15, 0.2) is 0 Å². The molecule has 0 heterocycles. The zero-order chi connectivity index (χ0) is 13.8. The SMILES string of the molecule is COC(=O)C(C)CN(C)C(=O)C(N)C(C)(C)C. The Hall–Kier alpha value is -1.10. The number of esters is 1. The third kappa shape index (κ3) is 4.73. The maximum Gasteiger partial charge on any atom is 0.310 e. The van der Waals surface area contributed by atoms with Crippen LogP contribution in [0, 0.1) is 11.3 Å². The highest BCUT2D eigenvalue weighted by atomic mass is 16.5. The highest BCUT2D eigenvalue weighted by Crippen LogP contribution is 2.19. The molecule has 2 atom stereocenters. The maximum absolute atomic E-state index is 12.0. The van der Waals surface area contributed by atoms with Crippen molar-refractivity contribution in [3.8, 4) is 0 Å². The molecule has 0 aromatic carbocycles. The molecule has 2 unspecified atom stereocenters. The van der Waals surface area contributed by atoms with Gasteiger partial charge in [0.05, 0.1) is 19.1 Å². The number of hydrogen-bond donors (Lipinski definition) is 1. The van der Waals surface area contributed by atoms with E-state index in [0.717, 1.165) is 0 Å². The molecule has 0 fully saturated rings. The van der Waals surface area contributed by atoms with Crippen LogP contribution in [0.15, 0.2) is 0 Å². The Morgan fingerprint density at radius 3 is 2.18 bits per heavy atom. The Bertz CT molecular complexity index is 284. The number of likely N-dealkylation sites (N-methyl/N-ethyl adjacent to an activating group) is 1. The molecule has 0 aromatic heterocycles. The van der Waals surface area contributed by atoms with Crippen LogP contribution in [0.25, 0.3) is 0 Å². The molecule has 1 amide bonds. The van der Waals surface area contributed by atoms with E-state index in [2.05, 4.69) is 4.74 Å². The molecule has 0 aliphatic heterocycles. The van der Waals surface area contributed by atoms with Crippen LogP contribution in [0.2, 0.25) is 0 Å². The number of amides is 1. The smallest absolute Gasteiger partial charge is 0.310 e. The Morgan fingerprint density at radius 1 is 1.35 bits per heavy atom. The van der Waals surface area contributed by atoms with Crippen molar-refractivity contribution < 1.29 is 14.3 Å². The lowest BCUT2D eigenvalue weighted by molar-refractivity contribution is -0.146. The molecular weight excluding hydrogens is 220 g/mol. The molecule has 2 N–H and O–H groups in total. The van der Waals surface area contributed by atoms with E-state index < -0.39 is 6.04 Å². The van der Waals surface area contributed by atoms with Crippen LogP contribution in [-0.4, -0.2) is 43.5 Å². The molecular formula is C12H24N2O3. The van der Waals surface area contributed by atoms with Crippen LogP contribution in [0.1, 0.15) is 27.7 Å². The van der Waals surface area contributed by atoms with Crippen molar-refractivity contribution in [2.45, 2.75) is 33.7 Å². The molecule has 100 valence electrons. The number of carbonyl (C=O) groups excluding carboxylic acids is 2. The highest BCUT2D eigenvalue weighted by Gasteiger charge is 2.30. The summed E-state index contributed by atoms with van der Waals surface area (Å²) in [4.78, 5) is 24.7. The fourth-order valence-electron chi connectivity index (χ4n) is 1.38. The molecule has 5 heteroatoms. The summed E-state index contributed by atoms with van der Waals surface area (Å²) in [7, 11) is 2.98. The topological polar surface area (TPSA) is 72.6 Å². The fourth-order valence-corrected chi connectivity index (χ4v) is 1.38. The molecule has 0 saturated heterocycles. The minimum absolute atomic E-state index is 0.159. The standard InChI is InChI=1S/C12H24N2O3/c1-8(11(16)17-6)7-14(5)10(15)9(13)12(2,3)4/h8-9H,7,13H2,1-6H3. The van der Waals surface area contributed by atoms with Crippen LogP contribution in [0.3, 0.4) is 0 Å². The summed E-state index contributed by atoms with van der Waals surface area (Å²) < 4.78 is 4.61. The molecule has 0 aromatic rings.